The SMILES string of the molecule is CC(C)NCC1CC(CC(C)(C)NCC2CN(C(=O)C(F)(F)F)CCO2)CN(C(=O)CN(C)C)C1. The van der Waals surface area contributed by atoms with Gasteiger partial charge in [-0.05, 0) is 59.2 Å². The van der Waals surface area contributed by atoms with Crippen LogP contribution in [0.2, 0.25) is 0 Å². The molecule has 204 valence electrons. The molecule has 0 aliphatic carbocycles. The maximum Gasteiger partial charge on any atom is 0.471 e. The van der Waals surface area contributed by atoms with Crippen molar-refractivity contribution < 1.29 is 27.5 Å². The molecule has 0 spiro atoms. The van der Waals surface area contributed by atoms with E-state index in [1.54, 1.807) is 0 Å². The number of morpholine rings is 1. The van der Waals surface area contributed by atoms with E-state index < -0.39 is 18.2 Å². The number of nitrogens with zero attached hydrogens (tertiary/aromatic N) is 3. The van der Waals surface area contributed by atoms with Crippen molar-refractivity contribution >= 4 is 11.8 Å². The van der Waals surface area contributed by atoms with Crippen molar-refractivity contribution in [3.63, 3.8) is 0 Å². The van der Waals surface area contributed by atoms with E-state index in [0.717, 1.165) is 30.8 Å². The third kappa shape index (κ3) is 10.2. The number of nitrogens with one attached hydrogen (secondary N) is 2. The summed E-state index contributed by atoms with van der Waals surface area (Å²) < 4.78 is 44.0. The molecule has 2 rings (SSSR count). The number of hydrogen-bond donors (Lipinski definition) is 2. The molecule has 0 aromatic carbocycles. The first-order chi connectivity index (χ1) is 16.2. The number of carbonyl (C=O) groups is 2. The zero-order valence-electron chi connectivity index (χ0n) is 22.1. The number of carbonyl (C=O) groups excluding carboxylic acids is 2. The first kappa shape index (κ1) is 29.8. The third-order valence-electron chi connectivity index (χ3n) is 6.52. The lowest BCUT2D eigenvalue weighted by atomic mass is 9.81. The highest BCUT2D eigenvalue weighted by molar-refractivity contribution is 5.82. The van der Waals surface area contributed by atoms with Crippen LogP contribution in [0.5, 0.6) is 0 Å². The highest BCUT2D eigenvalue weighted by Gasteiger charge is 2.44. The summed E-state index contributed by atoms with van der Waals surface area (Å²) in [4.78, 5) is 29.1. The molecule has 0 aromatic rings. The van der Waals surface area contributed by atoms with Crippen molar-refractivity contribution in [1.29, 1.82) is 0 Å². The fraction of sp³-hybridized carbons (Fsp3) is 0.917. The Morgan fingerprint density at radius 1 is 1.06 bits per heavy atom. The molecule has 3 atom stereocenters. The van der Waals surface area contributed by atoms with E-state index in [9.17, 15) is 22.8 Å². The Morgan fingerprint density at radius 2 is 1.71 bits per heavy atom. The molecule has 8 nitrogen and oxygen atoms in total. The smallest absolute Gasteiger partial charge is 0.373 e. The second-order valence-corrected chi connectivity index (χ2v) is 11.3. The van der Waals surface area contributed by atoms with Gasteiger partial charge in [0.05, 0.1) is 19.3 Å². The summed E-state index contributed by atoms with van der Waals surface area (Å²) >= 11 is 0. The molecule has 2 aliphatic heterocycles. The van der Waals surface area contributed by atoms with Crippen LogP contribution in [0, 0.1) is 11.8 Å². The van der Waals surface area contributed by atoms with Crippen molar-refractivity contribution in [2.45, 2.75) is 64.4 Å². The van der Waals surface area contributed by atoms with Gasteiger partial charge in [0.1, 0.15) is 0 Å². The van der Waals surface area contributed by atoms with E-state index in [1.807, 2.05) is 23.9 Å². The maximum atomic E-state index is 12.8. The van der Waals surface area contributed by atoms with Gasteiger partial charge in [0, 0.05) is 44.3 Å². The van der Waals surface area contributed by atoms with Gasteiger partial charge in [-0.25, -0.2) is 0 Å². The van der Waals surface area contributed by atoms with Gasteiger partial charge in [0.25, 0.3) is 0 Å². The Labute approximate surface area is 207 Å². The quantitative estimate of drug-likeness (QED) is 0.468. The van der Waals surface area contributed by atoms with Crippen molar-refractivity contribution in [1.82, 2.24) is 25.3 Å². The topological polar surface area (TPSA) is 77.1 Å². The van der Waals surface area contributed by atoms with E-state index in [-0.39, 0.29) is 31.1 Å². The largest absolute Gasteiger partial charge is 0.471 e. The van der Waals surface area contributed by atoms with E-state index in [2.05, 4.69) is 38.3 Å². The molecule has 0 aromatic heterocycles. The maximum absolute atomic E-state index is 12.8. The number of likely N-dealkylation sites (tertiary alicyclic amines) is 1. The standard InChI is InChI=1S/C24H44F3N5O3/c1-17(2)28-11-19-9-18(13-32(14-19)21(33)16-30(5)6)10-23(3,4)29-12-20-15-31(7-8-35-20)22(34)24(25,26)27/h17-20,28-29H,7-16H2,1-6H3. The Bertz CT molecular complexity index is 702. The molecule has 2 amide bonds. The van der Waals surface area contributed by atoms with Crippen LogP contribution in [0.3, 0.4) is 0 Å². The van der Waals surface area contributed by atoms with E-state index >= 15 is 0 Å². The highest BCUT2D eigenvalue weighted by Crippen LogP contribution is 2.29. The molecule has 35 heavy (non-hydrogen) atoms. The number of ether oxygens (including phenoxy) is 1. The third-order valence-corrected chi connectivity index (χ3v) is 6.52. The summed E-state index contributed by atoms with van der Waals surface area (Å²) in [5.74, 6) is -1.02. The summed E-state index contributed by atoms with van der Waals surface area (Å²) in [6.45, 7) is 11.3. The molecule has 0 saturated carbocycles. The second kappa shape index (κ2) is 12.7. The van der Waals surface area contributed by atoms with Crippen LogP contribution in [0.25, 0.3) is 0 Å². The van der Waals surface area contributed by atoms with Crippen LogP contribution in [-0.4, -0.2) is 117 Å². The van der Waals surface area contributed by atoms with Crippen LogP contribution in [0.15, 0.2) is 0 Å². The van der Waals surface area contributed by atoms with Gasteiger partial charge in [-0.2, -0.15) is 13.2 Å². The lowest BCUT2D eigenvalue weighted by Gasteiger charge is -2.42. The lowest BCUT2D eigenvalue weighted by molar-refractivity contribution is -0.191. The first-order valence-corrected chi connectivity index (χ1v) is 12.5. The predicted octanol–water partition coefficient (Wildman–Crippen LogP) is 1.56. The molecule has 3 unspecified atom stereocenters. The molecular formula is C24H44F3N5O3. The van der Waals surface area contributed by atoms with Crippen LogP contribution >= 0.6 is 0 Å². The predicted molar refractivity (Wildman–Crippen MR) is 129 cm³/mol. The van der Waals surface area contributed by atoms with Gasteiger partial charge < -0.3 is 30.1 Å². The van der Waals surface area contributed by atoms with Crippen molar-refractivity contribution in [3.05, 3.63) is 0 Å². The van der Waals surface area contributed by atoms with E-state index in [1.165, 1.54) is 0 Å². The van der Waals surface area contributed by atoms with E-state index in [4.69, 9.17) is 4.74 Å². The molecule has 2 N–H and O–H groups in total. The Hall–Kier alpha value is -1.43. The minimum absolute atomic E-state index is 0.0527. The molecule has 0 bridgehead atoms. The molecule has 11 heteroatoms. The fourth-order valence-corrected chi connectivity index (χ4v) is 4.98. The number of amides is 2. The average molecular weight is 508 g/mol. The minimum Gasteiger partial charge on any atom is -0.373 e. The zero-order chi connectivity index (χ0) is 26.4. The number of rotatable bonds is 10. The summed E-state index contributed by atoms with van der Waals surface area (Å²) in [7, 11) is 3.78. The van der Waals surface area contributed by atoms with Gasteiger partial charge in [-0.3, -0.25) is 9.59 Å². The zero-order valence-corrected chi connectivity index (χ0v) is 22.1. The molecule has 2 aliphatic rings. The van der Waals surface area contributed by atoms with E-state index in [0.29, 0.717) is 37.5 Å². The number of halogens is 3. The van der Waals surface area contributed by atoms with Crippen LogP contribution < -0.4 is 10.6 Å². The van der Waals surface area contributed by atoms with Gasteiger partial charge in [0.2, 0.25) is 5.91 Å². The average Bonchev–Trinajstić information content (AvgIpc) is 2.74. The number of piperidine rings is 1. The molecule has 0 radical (unpaired) electrons. The van der Waals surface area contributed by atoms with Crippen molar-refractivity contribution in [3.8, 4) is 0 Å². The second-order valence-electron chi connectivity index (χ2n) is 11.3. The summed E-state index contributed by atoms with van der Waals surface area (Å²) in [6, 6.07) is 0.374. The van der Waals surface area contributed by atoms with Gasteiger partial charge in [-0.1, -0.05) is 13.8 Å². The van der Waals surface area contributed by atoms with Crippen LogP contribution in [-0.2, 0) is 14.3 Å². The lowest BCUT2D eigenvalue weighted by Crippen LogP contribution is -2.55. The van der Waals surface area contributed by atoms with Gasteiger partial charge >= 0.3 is 12.1 Å². The van der Waals surface area contributed by atoms with Crippen LogP contribution in [0.1, 0.15) is 40.5 Å². The molecule has 2 fully saturated rings. The Kier molecular flexibility index (Phi) is 10.8. The number of likely N-dealkylation sites (N-methyl/N-ethyl adjacent to an activating group) is 1. The molecular weight excluding hydrogens is 463 g/mol. The Balaban J connectivity index is 1.95. The summed E-state index contributed by atoms with van der Waals surface area (Å²) in [6.07, 6.45) is -3.55. The van der Waals surface area contributed by atoms with Crippen molar-refractivity contribution in [2.75, 3.05) is 66.5 Å². The number of hydrogen-bond acceptors (Lipinski definition) is 6. The summed E-state index contributed by atoms with van der Waals surface area (Å²) in [5, 5.41) is 6.94. The highest BCUT2D eigenvalue weighted by atomic mass is 19.4. The molecule has 2 heterocycles. The Morgan fingerprint density at radius 3 is 2.31 bits per heavy atom. The van der Waals surface area contributed by atoms with Crippen molar-refractivity contribution in [2.24, 2.45) is 11.8 Å². The summed E-state index contributed by atoms with van der Waals surface area (Å²) in [5.41, 5.74) is -0.312. The normalized spacial score (nSPS) is 24.4. The van der Waals surface area contributed by atoms with Gasteiger partial charge in [0.15, 0.2) is 0 Å². The molecule has 2 saturated heterocycles. The minimum atomic E-state index is -4.87. The number of alkyl halides is 3. The van der Waals surface area contributed by atoms with Crippen LogP contribution in [0.4, 0.5) is 13.2 Å². The first-order valence-electron chi connectivity index (χ1n) is 12.5. The van der Waals surface area contributed by atoms with Gasteiger partial charge in [-0.15, -0.1) is 0 Å². The monoisotopic (exact) mass is 507 g/mol. The fourth-order valence-electron chi connectivity index (χ4n) is 4.98.